The van der Waals surface area contributed by atoms with E-state index in [1.54, 1.807) is 24.3 Å². The molecule has 132 valence electrons. The van der Waals surface area contributed by atoms with Gasteiger partial charge in [-0.2, -0.15) is 0 Å². The standard InChI is InChI=1S/C17H19N3O4S/c1-11(2)9-24-16(23)12-3-5-13(6-4-12)19-15(22)10-25-17-18-8-7-14(21)20-17/h3-8,11H,9-10H2,1-2H3,(H,19,22)(H,18,20,21). The zero-order valence-corrected chi connectivity index (χ0v) is 14.8. The molecule has 25 heavy (non-hydrogen) atoms. The van der Waals surface area contributed by atoms with Gasteiger partial charge in [-0.25, -0.2) is 9.78 Å². The van der Waals surface area contributed by atoms with Gasteiger partial charge < -0.3 is 15.0 Å². The quantitative estimate of drug-likeness (QED) is 0.446. The summed E-state index contributed by atoms with van der Waals surface area (Å²) in [5.74, 6) is -0.257. The van der Waals surface area contributed by atoms with Gasteiger partial charge in [-0.05, 0) is 30.2 Å². The molecule has 0 spiro atoms. The summed E-state index contributed by atoms with van der Waals surface area (Å²) in [6, 6.07) is 7.77. The Balaban J connectivity index is 1.84. The number of amides is 1. The molecular weight excluding hydrogens is 342 g/mol. The van der Waals surface area contributed by atoms with Crippen molar-refractivity contribution < 1.29 is 14.3 Å². The molecule has 1 heterocycles. The number of carbonyl (C=O) groups is 2. The number of ether oxygens (including phenoxy) is 1. The van der Waals surface area contributed by atoms with Gasteiger partial charge in [0.15, 0.2) is 5.16 Å². The minimum Gasteiger partial charge on any atom is -0.462 e. The van der Waals surface area contributed by atoms with Crippen molar-refractivity contribution in [3.05, 3.63) is 52.4 Å². The van der Waals surface area contributed by atoms with Gasteiger partial charge in [-0.15, -0.1) is 0 Å². The Hall–Kier alpha value is -2.61. The van der Waals surface area contributed by atoms with Crippen LogP contribution in [0.2, 0.25) is 0 Å². The number of rotatable bonds is 7. The second-order valence-electron chi connectivity index (χ2n) is 5.65. The third-order valence-corrected chi connectivity index (χ3v) is 3.83. The maximum Gasteiger partial charge on any atom is 0.338 e. The predicted octanol–water partition coefficient (Wildman–Crippen LogP) is 2.31. The number of aromatic nitrogens is 2. The number of nitrogens with one attached hydrogen (secondary N) is 2. The Morgan fingerprint density at radius 2 is 1.96 bits per heavy atom. The molecule has 0 bridgehead atoms. The molecule has 0 saturated carbocycles. The maximum absolute atomic E-state index is 11.9. The third kappa shape index (κ3) is 6.42. The van der Waals surface area contributed by atoms with Crippen LogP contribution < -0.4 is 10.9 Å². The Morgan fingerprint density at radius 1 is 1.24 bits per heavy atom. The monoisotopic (exact) mass is 361 g/mol. The summed E-state index contributed by atoms with van der Waals surface area (Å²) in [4.78, 5) is 41.4. The number of esters is 1. The lowest BCUT2D eigenvalue weighted by Gasteiger charge is -2.08. The summed E-state index contributed by atoms with van der Waals surface area (Å²) in [5.41, 5.74) is 0.734. The molecule has 8 heteroatoms. The molecule has 2 rings (SSSR count). The van der Waals surface area contributed by atoms with Crippen molar-refractivity contribution in [3.63, 3.8) is 0 Å². The van der Waals surface area contributed by atoms with Gasteiger partial charge in [0.2, 0.25) is 5.91 Å². The summed E-state index contributed by atoms with van der Waals surface area (Å²) < 4.78 is 5.14. The van der Waals surface area contributed by atoms with E-state index < -0.39 is 0 Å². The van der Waals surface area contributed by atoms with Crippen LogP contribution >= 0.6 is 11.8 Å². The fourth-order valence-electron chi connectivity index (χ4n) is 1.77. The summed E-state index contributed by atoms with van der Waals surface area (Å²) >= 11 is 1.13. The Bertz CT molecular complexity index is 787. The van der Waals surface area contributed by atoms with Crippen LogP contribution in [0.15, 0.2) is 46.5 Å². The molecule has 0 radical (unpaired) electrons. The maximum atomic E-state index is 11.9. The summed E-state index contributed by atoms with van der Waals surface area (Å²) in [6.07, 6.45) is 1.39. The van der Waals surface area contributed by atoms with E-state index in [-0.39, 0.29) is 29.1 Å². The third-order valence-electron chi connectivity index (χ3n) is 2.94. The van der Waals surface area contributed by atoms with E-state index in [1.807, 2.05) is 13.8 Å². The van der Waals surface area contributed by atoms with E-state index in [0.717, 1.165) is 11.8 Å². The van der Waals surface area contributed by atoms with Crippen LogP contribution in [0.4, 0.5) is 5.69 Å². The first kappa shape index (κ1) is 18.7. The largest absolute Gasteiger partial charge is 0.462 e. The van der Waals surface area contributed by atoms with E-state index in [1.165, 1.54) is 12.3 Å². The van der Waals surface area contributed by atoms with Gasteiger partial charge in [-0.1, -0.05) is 25.6 Å². The van der Waals surface area contributed by atoms with Crippen molar-refractivity contribution in [1.82, 2.24) is 9.97 Å². The van der Waals surface area contributed by atoms with Gasteiger partial charge in [0.25, 0.3) is 5.56 Å². The molecule has 1 aromatic heterocycles. The highest BCUT2D eigenvalue weighted by Crippen LogP contribution is 2.14. The van der Waals surface area contributed by atoms with Crippen LogP contribution in [0.25, 0.3) is 0 Å². The lowest BCUT2D eigenvalue weighted by molar-refractivity contribution is -0.113. The highest BCUT2D eigenvalue weighted by molar-refractivity contribution is 7.99. The number of hydrogen-bond donors (Lipinski definition) is 2. The molecule has 0 atom stereocenters. The predicted molar refractivity (Wildman–Crippen MR) is 95.8 cm³/mol. The van der Waals surface area contributed by atoms with Crippen LogP contribution in [0.1, 0.15) is 24.2 Å². The smallest absolute Gasteiger partial charge is 0.338 e. The van der Waals surface area contributed by atoms with Gasteiger partial charge in [0, 0.05) is 18.0 Å². The highest BCUT2D eigenvalue weighted by Gasteiger charge is 2.09. The first-order valence-electron chi connectivity index (χ1n) is 7.69. The molecule has 0 fully saturated rings. The van der Waals surface area contributed by atoms with Crippen molar-refractivity contribution in [2.75, 3.05) is 17.7 Å². The molecule has 7 nitrogen and oxygen atoms in total. The molecule has 0 aliphatic rings. The van der Waals surface area contributed by atoms with Crippen molar-refractivity contribution in [3.8, 4) is 0 Å². The van der Waals surface area contributed by atoms with Crippen molar-refractivity contribution in [1.29, 1.82) is 0 Å². The van der Waals surface area contributed by atoms with E-state index in [2.05, 4.69) is 15.3 Å². The molecule has 1 amide bonds. The van der Waals surface area contributed by atoms with E-state index in [4.69, 9.17) is 4.74 Å². The summed E-state index contributed by atoms with van der Waals surface area (Å²) in [7, 11) is 0. The SMILES string of the molecule is CC(C)COC(=O)c1ccc(NC(=O)CSc2nccc(=O)[nH]2)cc1. The number of hydrogen-bond acceptors (Lipinski definition) is 6. The van der Waals surface area contributed by atoms with Crippen LogP contribution in [0.5, 0.6) is 0 Å². The highest BCUT2D eigenvalue weighted by atomic mass is 32.2. The molecule has 0 saturated heterocycles. The second-order valence-corrected chi connectivity index (χ2v) is 6.61. The topological polar surface area (TPSA) is 101 Å². The number of aromatic amines is 1. The lowest BCUT2D eigenvalue weighted by Crippen LogP contribution is -2.15. The van der Waals surface area contributed by atoms with Gasteiger partial charge in [0.05, 0.1) is 17.9 Å². The van der Waals surface area contributed by atoms with Crippen molar-refractivity contribution in [2.45, 2.75) is 19.0 Å². The number of carbonyl (C=O) groups excluding carboxylic acids is 2. The number of anilines is 1. The van der Waals surface area contributed by atoms with E-state index >= 15 is 0 Å². The van der Waals surface area contributed by atoms with Crippen LogP contribution in [0.3, 0.4) is 0 Å². The molecule has 2 aromatic rings. The number of H-pyrrole nitrogens is 1. The zero-order chi connectivity index (χ0) is 18.2. The lowest BCUT2D eigenvalue weighted by atomic mass is 10.2. The molecule has 0 aliphatic heterocycles. The average Bonchev–Trinajstić information content (AvgIpc) is 2.58. The molecule has 2 N–H and O–H groups in total. The Labute approximate surface area is 149 Å². The first-order valence-corrected chi connectivity index (χ1v) is 8.68. The Kier molecular flexibility index (Phi) is 6.76. The summed E-state index contributed by atoms with van der Waals surface area (Å²) in [5, 5.41) is 3.09. The minimum atomic E-state index is -0.388. The fourth-order valence-corrected chi connectivity index (χ4v) is 2.42. The van der Waals surface area contributed by atoms with Crippen LogP contribution in [-0.2, 0) is 9.53 Å². The second kappa shape index (κ2) is 9.03. The van der Waals surface area contributed by atoms with E-state index in [9.17, 15) is 14.4 Å². The summed E-state index contributed by atoms with van der Waals surface area (Å²) in [6.45, 7) is 4.29. The van der Waals surface area contributed by atoms with Gasteiger partial charge in [0.1, 0.15) is 0 Å². The molecule has 1 aromatic carbocycles. The Morgan fingerprint density at radius 3 is 2.60 bits per heavy atom. The molecule has 0 unspecified atom stereocenters. The zero-order valence-electron chi connectivity index (χ0n) is 13.9. The van der Waals surface area contributed by atoms with Crippen molar-refractivity contribution in [2.24, 2.45) is 5.92 Å². The minimum absolute atomic E-state index is 0.102. The molecular formula is C17H19N3O4S. The van der Waals surface area contributed by atoms with Crippen LogP contribution in [0, 0.1) is 5.92 Å². The number of benzene rings is 1. The van der Waals surface area contributed by atoms with Crippen molar-refractivity contribution >= 4 is 29.3 Å². The number of nitrogens with zero attached hydrogens (tertiary/aromatic N) is 1. The van der Waals surface area contributed by atoms with Gasteiger partial charge in [-0.3, -0.25) is 9.59 Å². The van der Waals surface area contributed by atoms with E-state index in [0.29, 0.717) is 23.0 Å². The number of thioether (sulfide) groups is 1. The van der Waals surface area contributed by atoms with Crippen LogP contribution in [-0.4, -0.2) is 34.2 Å². The normalized spacial score (nSPS) is 10.5. The molecule has 0 aliphatic carbocycles. The van der Waals surface area contributed by atoms with Gasteiger partial charge >= 0.3 is 5.97 Å². The fraction of sp³-hybridized carbons (Fsp3) is 0.294. The average molecular weight is 361 g/mol. The first-order chi connectivity index (χ1) is 11.9.